The number of hydrogen-bond acceptors (Lipinski definition) is 4. The molecule has 0 saturated carbocycles. The summed E-state index contributed by atoms with van der Waals surface area (Å²) >= 11 is 1.61. The highest BCUT2D eigenvalue weighted by Crippen LogP contribution is 2.33. The number of carbonyl (C=O) groups excluding carboxylic acids is 1. The van der Waals surface area contributed by atoms with Gasteiger partial charge in [0.15, 0.2) is 0 Å². The van der Waals surface area contributed by atoms with Gasteiger partial charge >= 0.3 is 0 Å². The second kappa shape index (κ2) is 7.83. The Morgan fingerprint density at radius 1 is 1.22 bits per heavy atom. The van der Waals surface area contributed by atoms with Gasteiger partial charge in [0.25, 0.3) is 5.91 Å². The highest BCUT2D eigenvalue weighted by molar-refractivity contribution is 7.99. The van der Waals surface area contributed by atoms with Crippen LogP contribution in [0.1, 0.15) is 21.7 Å². The van der Waals surface area contributed by atoms with Crippen molar-refractivity contribution in [1.29, 1.82) is 0 Å². The van der Waals surface area contributed by atoms with E-state index in [9.17, 15) is 9.18 Å². The molecule has 5 rings (SSSR count). The minimum atomic E-state index is -0.510. The Kier molecular flexibility index (Phi) is 4.97. The molecule has 5 aromatic rings. The van der Waals surface area contributed by atoms with Gasteiger partial charge < -0.3 is 9.88 Å². The number of para-hydroxylation sites is 1. The monoisotopic (exact) mass is 448 g/mol. The lowest BCUT2D eigenvalue weighted by Gasteiger charge is -2.09. The maximum absolute atomic E-state index is 14.0. The van der Waals surface area contributed by atoms with Crippen LogP contribution < -0.4 is 5.32 Å². The van der Waals surface area contributed by atoms with Crippen molar-refractivity contribution in [3.05, 3.63) is 71.6 Å². The summed E-state index contributed by atoms with van der Waals surface area (Å²) in [4.78, 5) is 15.1. The van der Waals surface area contributed by atoms with E-state index in [0.29, 0.717) is 16.6 Å². The molecule has 0 bridgehead atoms. The zero-order valence-electron chi connectivity index (χ0n) is 17.8. The molecule has 0 spiro atoms. The lowest BCUT2D eigenvalue weighted by molar-refractivity contribution is 0.0942. The first-order valence-electron chi connectivity index (χ1n) is 10.1. The highest BCUT2D eigenvalue weighted by atomic mass is 32.2. The van der Waals surface area contributed by atoms with E-state index in [1.807, 2.05) is 42.8 Å². The van der Waals surface area contributed by atoms with Crippen LogP contribution in [0, 0.1) is 12.9 Å². The van der Waals surface area contributed by atoms with Gasteiger partial charge in [0.05, 0.1) is 22.6 Å². The van der Waals surface area contributed by atoms with Crippen molar-refractivity contribution in [3.8, 4) is 0 Å². The molecule has 162 valence electrons. The van der Waals surface area contributed by atoms with Crippen LogP contribution in [0.4, 0.5) is 4.39 Å². The fourth-order valence-corrected chi connectivity index (χ4v) is 4.92. The molecular formula is C23H21FN6OS. The molecule has 1 amide bonds. The standard InChI is InChI=1S/C23H21FN6OS/c1-13-20(32-16-7-8-18-15(9-16)12-26-27-18)10-19(29(13)2)23(31)25-11-14-5-4-6-17-21(14)30(3)28-22(17)24/h4-10,12H,11H2,1-3H3,(H,25,31)(H,26,27). The Morgan fingerprint density at radius 3 is 2.91 bits per heavy atom. The average molecular weight is 449 g/mol. The van der Waals surface area contributed by atoms with E-state index in [1.54, 1.807) is 37.1 Å². The third-order valence-electron chi connectivity index (χ3n) is 5.70. The summed E-state index contributed by atoms with van der Waals surface area (Å²) in [5, 5.41) is 15.3. The molecule has 0 aliphatic heterocycles. The van der Waals surface area contributed by atoms with Gasteiger partial charge in [-0.2, -0.15) is 9.49 Å². The van der Waals surface area contributed by atoms with Gasteiger partial charge in [-0.3, -0.25) is 14.6 Å². The lowest BCUT2D eigenvalue weighted by Crippen LogP contribution is -2.25. The number of aryl methyl sites for hydroxylation is 1. The number of H-pyrrole nitrogens is 1. The fourth-order valence-electron chi connectivity index (χ4n) is 3.89. The second-order valence-corrected chi connectivity index (χ2v) is 8.79. The van der Waals surface area contributed by atoms with Gasteiger partial charge in [-0.15, -0.1) is 5.10 Å². The largest absolute Gasteiger partial charge is 0.347 e. The summed E-state index contributed by atoms with van der Waals surface area (Å²) in [6.45, 7) is 2.27. The van der Waals surface area contributed by atoms with Crippen LogP contribution in [-0.2, 0) is 20.6 Å². The zero-order chi connectivity index (χ0) is 22.4. The van der Waals surface area contributed by atoms with E-state index >= 15 is 0 Å². The summed E-state index contributed by atoms with van der Waals surface area (Å²) in [5.74, 6) is -0.698. The molecular weight excluding hydrogens is 427 g/mol. The predicted molar refractivity (Wildman–Crippen MR) is 122 cm³/mol. The fraction of sp³-hybridized carbons (Fsp3) is 0.174. The second-order valence-electron chi connectivity index (χ2n) is 7.67. The molecule has 7 nitrogen and oxygen atoms in total. The van der Waals surface area contributed by atoms with E-state index in [1.165, 1.54) is 4.68 Å². The summed E-state index contributed by atoms with van der Waals surface area (Å²) in [7, 11) is 3.58. The van der Waals surface area contributed by atoms with Crippen LogP contribution in [0.25, 0.3) is 21.8 Å². The van der Waals surface area contributed by atoms with Crippen molar-refractivity contribution in [2.75, 3.05) is 0 Å². The summed E-state index contributed by atoms with van der Waals surface area (Å²) < 4.78 is 17.4. The molecule has 2 N–H and O–H groups in total. The summed E-state index contributed by atoms with van der Waals surface area (Å²) in [5.41, 5.74) is 4.05. The maximum Gasteiger partial charge on any atom is 0.268 e. The van der Waals surface area contributed by atoms with E-state index in [4.69, 9.17) is 0 Å². The lowest BCUT2D eigenvalue weighted by atomic mass is 10.1. The highest BCUT2D eigenvalue weighted by Gasteiger charge is 2.18. The molecule has 0 saturated heterocycles. The van der Waals surface area contributed by atoms with Crippen molar-refractivity contribution in [2.24, 2.45) is 14.1 Å². The quantitative estimate of drug-likeness (QED) is 0.420. The van der Waals surface area contributed by atoms with Crippen molar-refractivity contribution in [2.45, 2.75) is 23.3 Å². The molecule has 0 aliphatic carbocycles. The van der Waals surface area contributed by atoms with E-state index in [0.717, 1.165) is 32.0 Å². The summed E-state index contributed by atoms with van der Waals surface area (Å²) in [6.07, 6.45) is 1.80. The van der Waals surface area contributed by atoms with Gasteiger partial charge in [0.2, 0.25) is 5.95 Å². The third-order valence-corrected chi connectivity index (χ3v) is 6.83. The SMILES string of the molecule is Cc1c(Sc2ccc3[nH]ncc3c2)cc(C(=O)NCc2cccc3c(F)nn(C)c23)n1C. The molecule has 0 radical (unpaired) electrons. The van der Waals surface area contributed by atoms with Crippen molar-refractivity contribution < 1.29 is 9.18 Å². The normalized spacial score (nSPS) is 11.5. The van der Waals surface area contributed by atoms with Gasteiger partial charge in [0.1, 0.15) is 5.69 Å². The number of fused-ring (bicyclic) bond motifs is 2. The van der Waals surface area contributed by atoms with Gasteiger partial charge in [0, 0.05) is 41.5 Å². The van der Waals surface area contributed by atoms with Crippen LogP contribution in [-0.4, -0.2) is 30.5 Å². The van der Waals surface area contributed by atoms with Gasteiger partial charge in [-0.25, -0.2) is 0 Å². The molecule has 0 aliphatic rings. The van der Waals surface area contributed by atoms with Crippen molar-refractivity contribution >= 4 is 39.5 Å². The smallest absolute Gasteiger partial charge is 0.268 e. The third kappa shape index (κ3) is 3.44. The number of nitrogens with one attached hydrogen (secondary N) is 2. The van der Waals surface area contributed by atoms with Crippen LogP contribution >= 0.6 is 11.8 Å². The molecule has 0 fully saturated rings. The van der Waals surface area contributed by atoms with Crippen molar-refractivity contribution in [3.63, 3.8) is 0 Å². The number of benzene rings is 2. The Hall–Kier alpha value is -3.59. The Morgan fingerprint density at radius 2 is 2.06 bits per heavy atom. The number of halogens is 1. The van der Waals surface area contributed by atoms with Crippen LogP contribution in [0.15, 0.2) is 58.5 Å². The molecule has 32 heavy (non-hydrogen) atoms. The van der Waals surface area contributed by atoms with E-state index < -0.39 is 5.95 Å². The Balaban J connectivity index is 1.36. The van der Waals surface area contributed by atoms with Crippen LogP contribution in [0.3, 0.4) is 0 Å². The first kappa shape index (κ1) is 20.3. The maximum atomic E-state index is 14.0. The first-order valence-corrected chi connectivity index (χ1v) is 10.9. The molecule has 3 aromatic heterocycles. The van der Waals surface area contributed by atoms with Gasteiger partial charge in [-0.1, -0.05) is 23.9 Å². The predicted octanol–water partition coefficient (Wildman–Crippen LogP) is 4.32. The number of amides is 1. The molecule has 2 aromatic carbocycles. The van der Waals surface area contributed by atoms with Gasteiger partial charge in [-0.05, 0) is 42.8 Å². The topological polar surface area (TPSA) is 80.5 Å². The molecule has 0 atom stereocenters. The van der Waals surface area contributed by atoms with Crippen molar-refractivity contribution in [1.82, 2.24) is 29.9 Å². The number of hydrogen-bond donors (Lipinski definition) is 2. The minimum absolute atomic E-state index is 0.188. The molecule has 0 unspecified atom stereocenters. The number of carbonyl (C=O) groups is 1. The number of aromatic amines is 1. The number of rotatable bonds is 5. The molecule has 3 heterocycles. The Labute approximate surface area is 187 Å². The van der Waals surface area contributed by atoms with E-state index in [2.05, 4.69) is 26.7 Å². The zero-order valence-corrected chi connectivity index (χ0v) is 18.6. The molecule has 9 heteroatoms. The van der Waals surface area contributed by atoms with Crippen LogP contribution in [0.5, 0.6) is 0 Å². The minimum Gasteiger partial charge on any atom is -0.347 e. The average Bonchev–Trinajstić information content (AvgIpc) is 3.45. The Bertz CT molecular complexity index is 1480. The van der Waals surface area contributed by atoms with Crippen LogP contribution in [0.2, 0.25) is 0 Å². The van der Waals surface area contributed by atoms with E-state index in [-0.39, 0.29) is 12.5 Å². The summed E-state index contributed by atoms with van der Waals surface area (Å²) in [6, 6.07) is 13.3. The number of nitrogens with zero attached hydrogens (tertiary/aromatic N) is 4. The number of aromatic nitrogens is 5. The first-order chi connectivity index (χ1) is 15.4.